The van der Waals surface area contributed by atoms with Gasteiger partial charge in [-0.2, -0.15) is 0 Å². The number of carbonyl (C=O) groups excluding carboxylic acids is 3. The molecule has 0 radical (unpaired) electrons. The maximum Gasteiger partial charge on any atom is 0.325 e. The van der Waals surface area contributed by atoms with Gasteiger partial charge in [0.15, 0.2) is 0 Å². The minimum atomic E-state index is -0.801. The predicted molar refractivity (Wildman–Crippen MR) is 118 cm³/mol. The third-order valence-electron chi connectivity index (χ3n) is 6.91. The molecule has 1 spiro atoms. The highest BCUT2D eigenvalue weighted by atomic mass is 19.1. The number of amides is 4. The summed E-state index contributed by atoms with van der Waals surface area (Å²) >= 11 is 0. The fourth-order valence-electron chi connectivity index (χ4n) is 5.23. The molecule has 174 valence electrons. The second kappa shape index (κ2) is 9.17. The quantitative estimate of drug-likeness (QED) is 0.708. The van der Waals surface area contributed by atoms with Crippen molar-refractivity contribution in [2.45, 2.75) is 57.5 Å². The zero-order valence-electron chi connectivity index (χ0n) is 19.0. The maximum atomic E-state index is 13.4. The Hall–Kier alpha value is -2.48. The molecule has 3 fully saturated rings. The van der Waals surface area contributed by atoms with E-state index < -0.39 is 5.54 Å². The van der Waals surface area contributed by atoms with Crippen molar-refractivity contribution in [2.24, 2.45) is 5.92 Å². The molecule has 3 aliphatic heterocycles. The fraction of sp³-hybridized carbons (Fsp3) is 0.625. The van der Waals surface area contributed by atoms with Crippen LogP contribution in [0, 0.1) is 11.7 Å². The van der Waals surface area contributed by atoms with Crippen molar-refractivity contribution in [3.05, 3.63) is 35.6 Å². The van der Waals surface area contributed by atoms with Crippen LogP contribution in [0.5, 0.6) is 0 Å². The topological polar surface area (TPSA) is 73.0 Å². The van der Waals surface area contributed by atoms with Crippen molar-refractivity contribution >= 4 is 17.8 Å². The Morgan fingerprint density at radius 3 is 2.50 bits per heavy atom. The van der Waals surface area contributed by atoms with Crippen LogP contribution in [0.4, 0.5) is 9.18 Å². The molecule has 0 aliphatic carbocycles. The summed E-state index contributed by atoms with van der Waals surface area (Å²) in [5, 5.41) is 3.00. The maximum absolute atomic E-state index is 13.4. The van der Waals surface area contributed by atoms with Crippen LogP contribution in [0.2, 0.25) is 0 Å². The van der Waals surface area contributed by atoms with Crippen LogP contribution >= 0.6 is 0 Å². The van der Waals surface area contributed by atoms with Crippen molar-refractivity contribution in [1.29, 1.82) is 0 Å². The van der Waals surface area contributed by atoms with E-state index in [0.29, 0.717) is 38.3 Å². The number of hydrogen-bond donors (Lipinski definition) is 1. The normalized spacial score (nSPS) is 23.8. The van der Waals surface area contributed by atoms with Gasteiger partial charge in [-0.05, 0) is 49.3 Å². The Labute approximate surface area is 188 Å². The number of urea groups is 1. The standard InChI is InChI=1S/C24H33FN4O3/c1-17(2)15-27-12-9-24(10-13-27)22(31)29(23(32)26-24)20-4-3-11-28(16-20)21(30)14-18-5-7-19(25)8-6-18/h5-8,17,20H,3-4,9-16H2,1-2H3,(H,26,32)/t20-/m1/s1. The van der Waals surface area contributed by atoms with Gasteiger partial charge in [-0.3, -0.25) is 14.5 Å². The van der Waals surface area contributed by atoms with Gasteiger partial charge < -0.3 is 15.1 Å². The number of hydrogen-bond acceptors (Lipinski definition) is 4. The number of imide groups is 1. The molecule has 1 aromatic carbocycles. The minimum Gasteiger partial charge on any atom is -0.340 e. The molecule has 0 bridgehead atoms. The monoisotopic (exact) mass is 444 g/mol. The fourth-order valence-corrected chi connectivity index (χ4v) is 5.23. The molecule has 32 heavy (non-hydrogen) atoms. The van der Waals surface area contributed by atoms with E-state index in [1.807, 2.05) is 0 Å². The highest BCUT2D eigenvalue weighted by Gasteiger charge is 2.54. The first-order valence-electron chi connectivity index (χ1n) is 11.7. The highest BCUT2D eigenvalue weighted by molar-refractivity contribution is 6.07. The van der Waals surface area contributed by atoms with Gasteiger partial charge in [0.25, 0.3) is 5.91 Å². The summed E-state index contributed by atoms with van der Waals surface area (Å²) in [5.41, 5.74) is -0.0501. The lowest BCUT2D eigenvalue weighted by Gasteiger charge is -2.39. The van der Waals surface area contributed by atoms with Gasteiger partial charge in [-0.25, -0.2) is 9.18 Å². The number of benzene rings is 1. The van der Waals surface area contributed by atoms with Gasteiger partial charge >= 0.3 is 6.03 Å². The van der Waals surface area contributed by atoms with Gasteiger partial charge in [0.2, 0.25) is 5.91 Å². The number of nitrogens with one attached hydrogen (secondary N) is 1. The average molecular weight is 445 g/mol. The van der Waals surface area contributed by atoms with E-state index in [0.717, 1.165) is 31.6 Å². The van der Waals surface area contributed by atoms with Gasteiger partial charge in [-0.15, -0.1) is 0 Å². The van der Waals surface area contributed by atoms with E-state index in [9.17, 15) is 18.8 Å². The Kier molecular flexibility index (Phi) is 6.51. The molecular formula is C24H33FN4O3. The van der Waals surface area contributed by atoms with Crippen LogP contribution in [-0.2, 0) is 16.0 Å². The lowest BCUT2D eigenvalue weighted by atomic mass is 9.86. The van der Waals surface area contributed by atoms with E-state index in [-0.39, 0.29) is 36.1 Å². The van der Waals surface area contributed by atoms with Crippen LogP contribution in [-0.4, -0.2) is 76.8 Å². The molecule has 3 heterocycles. The zero-order chi connectivity index (χ0) is 22.9. The molecule has 7 nitrogen and oxygen atoms in total. The number of likely N-dealkylation sites (tertiary alicyclic amines) is 2. The van der Waals surface area contributed by atoms with Crippen LogP contribution < -0.4 is 5.32 Å². The van der Waals surface area contributed by atoms with Gasteiger partial charge in [0.05, 0.1) is 12.5 Å². The summed E-state index contributed by atoms with van der Waals surface area (Å²) < 4.78 is 13.1. The summed E-state index contributed by atoms with van der Waals surface area (Å²) in [6.45, 7) is 7.91. The molecule has 8 heteroatoms. The van der Waals surface area contributed by atoms with E-state index >= 15 is 0 Å². The summed E-state index contributed by atoms with van der Waals surface area (Å²) in [7, 11) is 0. The van der Waals surface area contributed by atoms with Crippen molar-refractivity contribution < 1.29 is 18.8 Å². The Bertz CT molecular complexity index is 865. The summed E-state index contributed by atoms with van der Waals surface area (Å²) in [6, 6.07) is 5.29. The van der Waals surface area contributed by atoms with Crippen molar-refractivity contribution in [2.75, 3.05) is 32.7 Å². The van der Waals surface area contributed by atoms with Gasteiger partial charge in [0.1, 0.15) is 11.4 Å². The molecule has 0 unspecified atom stereocenters. The average Bonchev–Trinajstić information content (AvgIpc) is 3.00. The Morgan fingerprint density at radius 2 is 1.84 bits per heavy atom. The molecule has 1 N–H and O–H groups in total. The van der Waals surface area contributed by atoms with Crippen molar-refractivity contribution in [3.8, 4) is 0 Å². The number of carbonyl (C=O) groups is 3. The van der Waals surface area contributed by atoms with Crippen LogP contribution in [0.1, 0.15) is 45.1 Å². The van der Waals surface area contributed by atoms with Gasteiger partial charge in [0, 0.05) is 32.7 Å². The van der Waals surface area contributed by atoms with Crippen molar-refractivity contribution in [1.82, 2.24) is 20.0 Å². The summed E-state index contributed by atoms with van der Waals surface area (Å²) in [4.78, 5) is 44.6. The third kappa shape index (κ3) is 4.65. The molecule has 0 saturated carbocycles. The molecule has 1 aromatic rings. The van der Waals surface area contributed by atoms with E-state index in [1.165, 1.54) is 17.0 Å². The molecule has 4 amide bonds. The molecular weight excluding hydrogens is 411 g/mol. The lowest BCUT2D eigenvalue weighted by Crippen LogP contribution is -2.56. The third-order valence-corrected chi connectivity index (χ3v) is 6.91. The number of nitrogens with zero attached hydrogens (tertiary/aromatic N) is 3. The predicted octanol–water partition coefficient (Wildman–Crippen LogP) is 2.40. The molecule has 4 rings (SSSR count). The van der Waals surface area contributed by atoms with E-state index in [1.54, 1.807) is 17.0 Å². The first-order chi connectivity index (χ1) is 15.3. The lowest BCUT2D eigenvalue weighted by molar-refractivity contribution is -0.139. The van der Waals surface area contributed by atoms with E-state index in [2.05, 4.69) is 24.1 Å². The number of halogens is 1. The molecule has 1 atom stereocenters. The summed E-state index contributed by atoms with van der Waals surface area (Å²) in [6.07, 6.45) is 2.88. The van der Waals surface area contributed by atoms with Crippen LogP contribution in [0.3, 0.4) is 0 Å². The second-order valence-corrected chi connectivity index (χ2v) is 9.82. The first kappa shape index (κ1) is 22.7. The van der Waals surface area contributed by atoms with Crippen LogP contribution in [0.25, 0.3) is 0 Å². The SMILES string of the molecule is CC(C)CN1CCC2(CC1)NC(=O)N([C@@H]1CCCN(C(=O)Cc3ccc(F)cc3)C1)C2=O. The number of rotatable bonds is 5. The summed E-state index contributed by atoms with van der Waals surface area (Å²) in [5.74, 6) is 0.0337. The minimum absolute atomic E-state index is 0.0648. The van der Waals surface area contributed by atoms with E-state index in [4.69, 9.17) is 0 Å². The molecule has 0 aromatic heterocycles. The Morgan fingerprint density at radius 1 is 1.16 bits per heavy atom. The second-order valence-electron chi connectivity index (χ2n) is 9.82. The largest absolute Gasteiger partial charge is 0.340 e. The van der Waals surface area contributed by atoms with Crippen molar-refractivity contribution in [3.63, 3.8) is 0 Å². The first-order valence-corrected chi connectivity index (χ1v) is 11.7. The Balaban J connectivity index is 1.39. The zero-order valence-corrected chi connectivity index (χ0v) is 19.0. The van der Waals surface area contributed by atoms with Gasteiger partial charge in [-0.1, -0.05) is 26.0 Å². The highest BCUT2D eigenvalue weighted by Crippen LogP contribution is 2.32. The molecule has 3 saturated heterocycles. The molecule has 3 aliphatic rings. The smallest absolute Gasteiger partial charge is 0.325 e. The van der Waals surface area contributed by atoms with Crippen LogP contribution in [0.15, 0.2) is 24.3 Å². The number of piperidine rings is 2.